The van der Waals surface area contributed by atoms with Crippen molar-refractivity contribution in [2.24, 2.45) is 0 Å². The Bertz CT molecular complexity index is 1580. The van der Waals surface area contributed by atoms with Gasteiger partial charge in [-0.1, -0.05) is 116 Å². The Morgan fingerprint density at radius 1 is 0.744 bits per heavy atom. The van der Waals surface area contributed by atoms with Crippen LogP contribution >= 0.6 is 0 Å². The maximum Gasteiger partial charge on any atom is 0.387 e. The quantitative estimate of drug-likeness (QED) is 0.139. The summed E-state index contributed by atoms with van der Waals surface area (Å²) < 4.78 is 33.4. The number of benzene rings is 4. The van der Waals surface area contributed by atoms with E-state index in [-0.39, 0.29) is 5.75 Å². The standard InChI is InChI=1S/C37H39F2N3O/c1-4-5-21-42-33(34(31-17-11-7-12-18-31)40-36(42)32-19-13-8-14-20-32)26-41(24-29-15-9-6-10-16-29)25-30-22-27(2)35(28(3)23-30)43-37(38)39/h6-20,22-23,37H,4-5,21,24-26H2,1-3H3. The molecule has 222 valence electrons. The number of aryl methyl sites for hydroxylation is 2. The van der Waals surface area contributed by atoms with Crippen molar-refractivity contribution < 1.29 is 13.5 Å². The summed E-state index contributed by atoms with van der Waals surface area (Å²) in [7, 11) is 0. The van der Waals surface area contributed by atoms with Crippen molar-refractivity contribution in [3.63, 3.8) is 0 Å². The van der Waals surface area contributed by atoms with Crippen LogP contribution in [-0.4, -0.2) is 21.1 Å². The summed E-state index contributed by atoms with van der Waals surface area (Å²) in [4.78, 5) is 7.70. The SMILES string of the molecule is CCCCn1c(-c2ccccc2)nc(-c2ccccc2)c1CN(Cc1ccccc1)Cc1cc(C)c(OC(F)F)c(C)c1. The summed E-state index contributed by atoms with van der Waals surface area (Å²) in [5.74, 6) is 1.23. The van der Waals surface area contributed by atoms with Crippen LogP contribution in [0.4, 0.5) is 8.78 Å². The molecule has 43 heavy (non-hydrogen) atoms. The van der Waals surface area contributed by atoms with E-state index in [1.807, 2.05) is 44.2 Å². The van der Waals surface area contributed by atoms with Crippen LogP contribution in [-0.2, 0) is 26.2 Å². The molecule has 0 unspecified atom stereocenters. The molecule has 5 rings (SSSR count). The van der Waals surface area contributed by atoms with E-state index in [2.05, 4.69) is 89.2 Å². The van der Waals surface area contributed by atoms with Gasteiger partial charge in [-0.05, 0) is 42.5 Å². The van der Waals surface area contributed by atoms with Crippen molar-refractivity contribution in [1.82, 2.24) is 14.5 Å². The number of ether oxygens (including phenoxy) is 1. The van der Waals surface area contributed by atoms with Crippen molar-refractivity contribution >= 4 is 0 Å². The number of unbranched alkanes of at least 4 members (excludes halogenated alkanes) is 1. The highest BCUT2D eigenvalue weighted by Gasteiger charge is 2.22. The van der Waals surface area contributed by atoms with Crippen molar-refractivity contribution in [2.45, 2.75) is 66.4 Å². The summed E-state index contributed by atoms with van der Waals surface area (Å²) in [6.07, 6.45) is 2.12. The van der Waals surface area contributed by atoms with Crippen LogP contribution in [0.2, 0.25) is 0 Å². The molecule has 0 fully saturated rings. The first-order valence-corrected chi connectivity index (χ1v) is 14.9. The predicted octanol–water partition coefficient (Wildman–Crippen LogP) is 9.44. The lowest BCUT2D eigenvalue weighted by Crippen LogP contribution is -2.25. The molecule has 5 aromatic rings. The average molecular weight is 580 g/mol. The molecule has 6 heteroatoms. The topological polar surface area (TPSA) is 30.3 Å². The number of nitrogens with zero attached hydrogens (tertiary/aromatic N) is 3. The number of halogens is 2. The van der Waals surface area contributed by atoms with Gasteiger partial charge in [-0.25, -0.2) is 4.98 Å². The number of hydrogen-bond acceptors (Lipinski definition) is 3. The third-order valence-corrected chi connectivity index (χ3v) is 7.64. The Morgan fingerprint density at radius 2 is 1.30 bits per heavy atom. The maximum atomic E-state index is 13.1. The minimum atomic E-state index is -2.85. The van der Waals surface area contributed by atoms with Crippen molar-refractivity contribution in [3.05, 3.63) is 131 Å². The van der Waals surface area contributed by atoms with Crippen LogP contribution in [0.25, 0.3) is 22.6 Å². The molecular weight excluding hydrogens is 540 g/mol. The molecule has 0 aliphatic heterocycles. The molecule has 0 atom stereocenters. The van der Waals surface area contributed by atoms with Gasteiger partial charge in [0.25, 0.3) is 0 Å². The van der Waals surface area contributed by atoms with E-state index < -0.39 is 6.61 Å². The summed E-state index contributed by atoms with van der Waals surface area (Å²) in [5.41, 5.74) is 8.01. The van der Waals surface area contributed by atoms with Gasteiger partial charge in [0, 0.05) is 37.3 Å². The fourth-order valence-electron chi connectivity index (χ4n) is 5.72. The molecule has 0 aliphatic rings. The first-order valence-electron chi connectivity index (χ1n) is 14.9. The van der Waals surface area contributed by atoms with E-state index in [0.29, 0.717) is 24.2 Å². The average Bonchev–Trinajstić information content (AvgIpc) is 3.37. The van der Waals surface area contributed by atoms with Crippen molar-refractivity contribution in [1.29, 1.82) is 0 Å². The zero-order valence-corrected chi connectivity index (χ0v) is 25.1. The highest BCUT2D eigenvalue weighted by molar-refractivity contribution is 5.68. The molecule has 0 aliphatic carbocycles. The van der Waals surface area contributed by atoms with Gasteiger partial charge in [-0.3, -0.25) is 4.90 Å². The second-order valence-corrected chi connectivity index (χ2v) is 11.0. The molecule has 4 aromatic carbocycles. The molecule has 1 heterocycles. The third-order valence-electron chi connectivity index (χ3n) is 7.64. The van der Waals surface area contributed by atoms with Crippen LogP contribution < -0.4 is 4.74 Å². The monoisotopic (exact) mass is 579 g/mol. The number of imidazole rings is 1. The van der Waals surface area contributed by atoms with Crippen LogP contribution in [0.1, 0.15) is 47.7 Å². The molecule has 0 saturated carbocycles. The smallest absolute Gasteiger partial charge is 0.387 e. The first-order chi connectivity index (χ1) is 20.9. The zero-order valence-electron chi connectivity index (χ0n) is 25.1. The molecule has 0 N–H and O–H groups in total. The summed E-state index contributed by atoms with van der Waals surface area (Å²) in [6, 6.07) is 35.2. The van der Waals surface area contributed by atoms with Gasteiger partial charge in [0.05, 0.1) is 11.4 Å². The molecule has 1 aromatic heterocycles. The molecule has 0 bridgehead atoms. The van der Waals surface area contributed by atoms with Gasteiger partial charge in [-0.2, -0.15) is 8.78 Å². The van der Waals surface area contributed by atoms with Crippen molar-refractivity contribution in [2.75, 3.05) is 0 Å². The lowest BCUT2D eigenvalue weighted by atomic mass is 10.0. The second-order valence-electron chi connectivity index (χ2n) is 11.0. The summed E-state index contributed by atoms with van der Waals surface area (Å²) in [5, 5.41) is 0. The third kappa shape index (κ3) is 7.57. The summed E-state index contributed by atoms with van der Waals surface area (Å²) >= 11 is 0. The molecular formula is C37H39F2N3O. The Balaban J connectivity index is 1.60. The van der Waals surface area contributed by atoms with E-state index in [1.54, 1.807) is 0 Å². The Kier molecular flexibility index (Phi) is 10.0. The summed E-state index contributed by atoms with van der Waals surface area (Å²) in [6.45, 7) is 5.91. The van der Waals surface area contributed by atoms with Gasteiger partial charge in [0.15, 0.2) is 0 Å². The van der Waals surface area contributed by atoms with Crippen molar-refractivity contribution in [3.8, 4) is 28.4 Å². The van der Waals surface area contributed by atoms with E-state index in [1.165, 1.54) is 11.3 Å². The second kappa shape index (κ2) is 14.3. The van der Waals surface area contributed by atoms with E-state index in [4.69, 9.17) is 9.72 Å². The number of alkyl halides is 2. The van der Waals surface area contributed by atoms with E-state index in [0.717, 1.165) is 54.1 Å². The molecule has 0 amide bonds. The minimum absolute atomic E-state index is 0.255. The lowest BCUT2D eigenvalue weighted by molar-refractivity contribution is -0.0507. The van der Waals surface area contributed by atoms with Gasteiger partial charge < -0.3 is 9.30 Å². The molecule has 4 nitrogen and oxygen atoms in total. The molecule has 0 spiro atoms. The Hall–Kier alpha value is -4.29. The van der Waals surface area contributed by atoms with Crippen LogP contribution in [0, 0.1) is 13.8 Å². The van der Waals surface area contributed by atoms with Gasteiger partial charge in [0.2, 0.25) is 0 Å². The largest absolute Gasteiger partial charge is 0.434 e. The highest BCUT2D eigenvalue weighted by Crippen LogP contribution is 2.33. The van der Waals surface area contributed by atoms with Gasteiger partial charge in [-0.15, -0.1) is 0 Å². The normalized spacial score (nSPS) is 11.4. The molecule has 0 saturated heterocycles. The van der Waals surface area contributed by atoms with E-state index >= 15 is 0 Å². The van der Waals surface area contributed by atoms with Gasteiger partial charge >= 0.3 is 6.61 Å². The first kappa shape index (κ1) is 30.2. The van der Waals surface area contributed by atoms with Crippen LogP contribution in [0.15, 0.2) is 103 Å². The zero-order chi connectivity index (χ0) is 30.2. The highest BCUT2D eigenvalue weighted by atomic mass is 19.3. The molecule has 0 radical (unpaired) electrons. The lowest BCUT2D eigenvalue weighted by Gasteiger charge is -2.25. The fraction of sp³-hybridized carbons (Fsp3) is 0.270. The Morgan fingerprint density at radius 3 is 1.88 bits per heavy atom. The van der Waals surface area contributed by atoms with E-state index in [9.17, 15) is 8.78 Å². The van der Waals surface area contributed by atoms with Crippen LogP contribution in [0.3, 0.4) is 0 Å². The number of aromatic nitrogens is 2. The number of rotatable bonds is 13. The predicted molar refractivity (Wildman–Crippen MR) is 170 cm³/mol. The Labute approximate surface area is 253 Å². The minimum Gasteiger partial charge on any atom is -0.434 e. The maximum absolute atomic E-state index is 13.1. The van der Waals surface area contributed by atoms with Gasteiger partial charge in [0.1, 0.15) is 11.6 Å². The van der Waals surface area contributed by atoms with Crippen LogP contribution in [0.5, 0.6) is 5.75 Å². The number of hydrogen-bond donors (Lipinski definition) is 0. The fourth-order valence-corrected chi connectivity index (χ4v) is 5.72.